The highest BCUT2D eigenvalue weighted by atomic mass is 16.5. The molecule has 1 spiro atoms. The summed E-state index contributed by atoms with van der Waals surface area (Å²) in [6.07, 6.45) is 7.77. The van der Waals surface area contributed by atoms with Gasteiger partial charge in [0.25, 0.3) is 0 Å². The summed E-state index contributed by atoms with van der Waals surface area (Å²) in [5, 5.41) is 3.13. The number of hydrogen-bond acceptors (Lipinski definition) is 3. The van der Waals surface area contributed by atoms with Crippen LogP contribution in [0.5, 0.6) is 5.75 Å². The van der Waals surface area contributed by atoms with Crippen LogP contribution in [-0.4, -0.2) is 60.1 Å². The van der Waals surface area contributed by atoms with Gasteiger partial charge in [0, 0.05) is 57.9 Å². The third-order valence-electron chi connectivity index (χ3n) is 7.34. The van der Waals surface area contributed by atoms with Crippen molar-refractivity contribution in [3.63, 3.8) is 0 Å². The number of nitrogens with one attached hydrogen (secondary N) is 1. The van der Waals surface area contributed by atoms with Gasteiger partial charge in [0.15, 0.2) is 0 Å². The van der Waals surface area contributed by atoms with E-state index in [1.54, 1.807) is 0 Å². The van der Waals surface area contributed by atoms with Gasteiger partial charge in [-0.1, -0.05) is 18.2 Å². The molecule has 0 bridgehead atoms. The van der Waals surface area contributed by atoms with Gasteiger partial charge in [0.1, 0.15) is 11.4 Å². The molecule has 1 atom stereocenters. The first-order valence-electron chi connectivity index (χ1n) is 11.7. The molecule has 3 heterocycles. The zero-order valence-corrected chi connectivity index (χ0v) is 17.8. The summed E-state index contributed by atoms with van der Waals surface area (Å²) >= 11 is 0. The van der Waals surface area contributed by atoms with Gasteiger partial charge in [0.05, 0.1) is 0 Å². The Hall–Kier alpha value is -2.24. The summed E-state index contributed by atoms with van der Waals surface area (Å²) < 4.78 is 6.55. The SMILES string of the molecule is O=C(CC1CC2(CCN(C(=O)N3CCCC3)CC2)Oc2ccccc21)NCC1CC1. The lowest BCUT2D eigenvalue weighted by molar-refractivity contribution is -0.122. The molecule has 1 N–H and O–H groups in total. The zero-order valence-electron chi connectivity index (χ0n) is 17.8. The summed E-state index contributed by atoms with van der Waals surface area (Å²) in [4.78, 5) is 29.4. The molecular weight excluding hydrogens is 378 g/mol. The molecule has 1 aromatic rings. The topological polar surface area (TPSA) is 61.9 Å². The van der Waals surface area contributed by atoms with Crippen molar-refractivity contribution in [3.8, 4) is 5.75 Å². The van der Waals surface area contributed by atoms with E-state index in [2.05, 4.69) is 11.4 Å². The predicted molar refractivity (Wildman–Crippen MR) is 115 cm³/mol. The Labute approximate surface area is 178 Å². The molecule has 5 rings (SSSR count). The molecule has 30 heavy (non-hydrogen) atoms. The number of carbonyl (C=O) groups is 2. The van der Waals surface area contributed by atoms with Gasteiger partial charge in [-0.25, -0.2) is 4.79 Å². The van der Waals surface area contributed by atoms with Crippen molar-refractivity contribution >= 4 is 11.9 Å². The molecule has 1 aromatic carbocycles. The fourth-order valence-electron chi connectivity index (χ4n) is 5.32. The zero-order chi connectivity index (χ0) is 20.6. The Bertz CT molecular complexity index is 793. The summed E-state index contributed by atoms with van der Waals surface area (Å²) in [5.74, 6) is 1.94. The molecule has 1 aliphatic carbocycles. The smallest absolute Gasteiger partial charge is 0.320 e. The van der Waals surface area contributed by atoms with Crippen LogP contribution in [0.15, 0.2) is 24.3 Å². The third kappa shape index (κ3) is 4.14. The quantitative estimate of drug-likeness (QED) is 0.825. The fourth-order valence-corrected chi connectivity index (χ4v) is 5.32. The Kier molecular flexibility index (Phi) is 5.34. The lowest BCUT2D eigenvalue weighted by atomic mass is 9.76. The molecule has 6 nitrogen and oxygen atoms in total. The number of nitrogens with zero attached hydrogens (tertiary/aromatic N) is 2. The van der Waals surface area contributed by atoms with Gasteiger partial charge in [-0.3, -0.25) is 4.79 Å². The van der Waals surface area contributed by atoms with Crippen LogP contribution >= 0.6 is 0 Å². The minimum absolute atomic E-state index is 0.153. The van der Waals surface area contributed by atoms with Gasteiger partial charge in [-0.15, -0.1) is 0 Å². The Balaban J connectivity index is 1.25. The van der Waals surface area contributed by atoms with E-state index in [0.29, 0.717) is 12.3 Å². The fraction of sp³-hybridized carbons (Fsp3) is 0.667. The predicted octanol–water partition coefficient (Wildman–Crippen LogP) is 3.52. The van der Waals surface area contributed by atoms with Crippen molar-refractivity contribution < 1.29 is 14.3 Å². The maximum absolute atomic E-state index is 12.8. The van der Waals surface area contributed by atoms with Crippen LogP contribution in [0.25, 0.3) is 0 Å². The second-order valence-electron chi connectivity index (χ2n) is 9.64. The number of piperidine rings is 1. The summed E-state index contributed by atoms with van der Waals surface area (Å²) in [6.45, 7) is 4.07. The lowest BCUT2D eigenvalue weighted by Gasteiger charge is -2.47. The molecule has 0 aromatic heterocycles. The second-order valence-corrected chi connectivity index (χ2v) is 9.64. The average Bonchev–Trinajstić information content (AvgIpc) is 3.43. The molecule has 3 aliphatic heterocycles. The van der Waals surface area contributed by atoms with Gasteiger partial charge in [0.2, 0.25) is 5.91 Å². The highest BCUT2D eigenvalue weighted by molar-refractivity contribution is 5.77. The number of ether oxygens (including phenoxy) is 1. The van der Waals surface area contributed by atoms with Gasteiger partial charge >= 0.3 is 6.03 Å². The first kappa shape index (κ1) is 19.7. The monoisotopic (exact) mass is 411 g/mol. The van der Waals surface area contributed by atoms with Crippen LogP contribution in [0, 0.1) is 5.92 Å². The maximum Gasteiger partial charge on any atom is 0.320 e. The van der Waals surface area contributed by atoms with Crippen LogP contribution in [0.1, 0.15) is 62.8 Å². The van der Waals surface area contributed by atoms with Crippen molar-refractivity contribution in [2.75, 3.05) is 32.7 Å². The minimum Gasteiger partial charge on any atom is -0.487 e. The molecule has 162 valence electrons. The van der Waals surface area contributed by atoms with E-state index >= 15 is 0 Å². The van der Waals surface area contributed by atoms with Gasteiger partial charge in [-0.2, -0.15) is 0 Å². The molecular formula is C24H33N3O3. The van der Waals surface area contributed by atoms with E-state index in [0.717, 1.165) is 76.1 Å². The van der Waals surface area contributed by atoms with Crippen molar-refractivity contribution in [2.45, 2.75) is 62.9 Å². The third-order valence-corrected chi connectivity index (χ3v) is 7.34. The lowest BCUT2D eigenvalue weighted by Crippen LogP contribution is -2.54. The summed E-state index contributed by atoms with van der Waals surface area (Å²) in [6, 6.07) is 8.37. The second kappa shape index (κ2) is 8.12. The van der Waals surface area contributed by atoms with Crippen LogP contribution in [0.4, 0.5) is 4.79 Å². The van der Waals surface area contributed by atoms with E-state index < -0.39 is 0 Å². The molecule has 3 amide bonds. The molecule has 1 saturated carbocycles. The Morgan fingerprint density at radius 3 is 2.47 bits per heavy atom. The molecule has 2 saturated heterocycles. The highest BCUT2D eigenvalue weighted by Crippen LogP contribution is 2.46. The number of para-hydroxylation sites is 1. The number of rotatable bonds is 4. The number of carbonyl (C=O) groups excluding carboxylic acids is 2. The number of amides is 3. The van der Waals surface area contributed by atoms with Crippen molar-refractivity contribution in [1.82, 2.24) is 15.1 Å². The van der Waals surface area contributed by atoms with E-state index in [-0.39, 0.29) is 23.5 Å². The maximum atomic E-state index is 12.8. The minimum atomic E-state index is -0.266. The Morgan fingerprint density at radius 2 is 1.73 bits per heavy atom. The van der Waals surface area contributed by atoms with Crippen LogP contribution < -0.4 is 10.1 Å². The first-order chi connectivity index (χ1) is 14.6. The molecule has 0 radical (unpaired) electrons. The van der Waals surface area contributed by atoms with E-state index in [1.807, 2.05) is 28.0 Å². The number of fused-ring (bicyclic) bond motifs is 1. The summed E-state index contributed by atoms with van der Waals surface area (Å²) in [7, 11) is 0. The van der Waals surface area contributed by atoms with E-state index in [9.17, 15) is 9.59 Å². The largest absolute Gasteiger partial charge is 0.487 e. The molecule has 4 aliphatic rings. The van der Waals surface area contributed by atoms with E-state index in [4.69, 9.17) is 4.74 Å². The highest BCUT2D eigenvalue weighted by Gasteiger charge is 2.44. The first-order valence-corrected chi connectivity index (χ1v) is 11.7. The van der Waals surface area contributed by atoms with Crippen molar-refractivity contribution in [1.29, 1.82) is 0 Å². The van der Waals surface area contributed by atoms with Crippen LogP contribution in [0.3, 0.4) is 0 Å². The van der Waals surface area contributed by atoms with E-state index in [1.165, 1.54) is 12.8 Å². The summed E-state index contributed by atoms with van der Waals surface area (Å²) in [5.41, 5.74) is 0.887. The average molecular weight is 412 g/mol. The number of urea groups is 1. The normalized spacial score (nSPS) is 25.0. The van der Waals surface area contributed by atoms with Crippen molar-refractivity contribution in [3.05, 3.63) is 29.8 Å². The molecule has 6 heteroatoms. The molecule has 3 fully saturated rings. The Morgan fingerprint density at radius 1 is 1.03 bits per heavy atom. The van der Waals surface area contributed by atoms with Crippen LogP contribution in [-0.2, 0) is 4.79 Å². The van der Waals surface area contributed by atoms with Crippen molar-refractivity contribution in [2.24, 2.45) is 5.92 Å². The number of hydrogen-bond donors (Lipinski definition) is 1. The standard InChI is InChI=1S/C24H33N3O3/c28-22(25-17-18-7-8-18)15-19-16-24(30-21-6-2-1-5-20(19)21)9-13-27(14-10-24)23(29)26-11-3-4-12-26/h1-2,5-6,18-19H,3-4,7-17H2,(H,25,28). The number of benzene rings is 1. The van der Waals surface area contributed by atoms with Gasteiger partial charge in [-0.05, 0) is 49.7 Å². The van der Waals surface area contributed by atoms with Crippen LogP contribution in [0.2, 0.25) is 0 Å². The molecule has 1 unspecified atom stereocenters. The van der Waals surface area contributed by atoms with Gasteiger partial charge < -0.3 is 19.9 Å². The number of likely N-dealkylation sites (tertiary alicyclic amines) is 2.